The lowest BCUT2D eigenvalue weighted by atomic mass is 9.84. The second-order valence-corrected chi connectivity index (χ2v) is 7.15. The van der Waals surface area contributed by atoms with Crippen LogP contribution in [0.15, 0.2) is 53.6 Å². The number of Topliss-reactive ketones (excluding diaryl/α,β-unsaturated/α-hetero) is 1. The molecule has 1 atom stereocenters. The van der Waals surface area contributed by atoms with Crippen molar-refractivity contribution in [3.63, 3.8) is 0 Å². The lowest BCUT2D eigenvalue weighted by Gasteiger charge is -2.21. The Hall–Kier alpha value is -3.56. The third kappa shape index (κ3) is 5.97. The molecule has 0 saturated carbocycles. The molecule has 2 aromatic heterocycles. The van der Waals surface area contributed by atoms with Crippen molar-refractivity contribution in [2.45, 2.75) is 32.5 Å². The van der Waals surface area contributed by atoms with E-state index in [4.69, 9.17) is 0 Å². The summed E-state index contributed by atoms with van der Waals surface area (Å²) >= 11 is 0. The molecule has 0 aliphatic carbocycles. The number of nitrogens with one attached hydrogen (secondary N) is 1. The normalized spacial score (nSPS) is 12.6. The van der Waals surface area contributed by atoms with Gasteiger partial charge in [0.1, 0.15) is 11.4 Å². The molecular formula is C21H19F3N4O3. The first-order valence-corrected chi connectivity index (χ1v) is 9.40. The van der Waals surface area contributed by atoms with E-state index in [1.54, 1.807) is 6.07 Å². The van der Waals surface area contributed by atoms with Crippen molar-refractivity contribution < 1.29 is 22.7 Å². The van der Waals surface area contributed by atoms with Crippen LogP contribution in [0.3, 0.4) is 0 Å². The highest BCUT2D eigenvalue weighted by Crippen LogP contribution is 2.31. The first-order valence-electron chi connectivity index (χ1n) is 9.40. The first-order chi connectivity index (χ1) is 14.6. The Balaban J connectivity index is 1.83. The van der Waals surface area contributed by atoms with Crippen molar-refractivity contribution in [2.75, 3.05) is 0 Å². The highest BCUT2D eigenvalue weighted by Gasteiger charge is 2.31. The van der Waals surface area contributed by atoms with Crippen molar-refractivity contribution in [2.24, 2.45) is 5.92 Å². The number of benzene rings is 1. The zero-order valence-electron chi connectivity index (χ0n) is 16.7. The van der Waals surface area contributed by atoms with Gasteiger partial charge in [-0.3, -0.25) is 9.59 Å². The van der Waals surface area contributed by atoms with E-state index in [1.807, 2.05) is 13.8 Å². The first kappa shape index (κ1) is 22.1. The fourth-order valence-electron chi connectivity index (χ4n) is 3.09. The van der Waals surface area contributed by atoms with Gasteiger partial charge in [-0.2, -0.15) is 0 Å². The van der Waals surface area contributed by atoms with Gasteiger partial charge in [-0.15, -0.1) is 13.2 Å². The number of H-pyrrole nitrogens is 1. The van der Waals surface area contributed by atoms with Gasteiger partial charge >= 0.3 is 6.36 Å². The zero-order valence-corrected chi connectivity index (χ0v) is 16.7. The molecule has 0 unspecified atom stereocenters. The minimum atomic E-state index is -4.78. The van der Waals surface area contributed by atoms with E-state index in [1.165, 1.54) is 36.7 Å². The predicted octanol–water partition coefficient (Wildman–Crippen LogP) is 4.14. The second kappa shape index (κ2) is 9.07. The molecule has 3 rings (SSSR count). The van der Waals surface area contributed by atoms with E-state index in [0.717, 1.165) is 6.07 Å². The number of hydrogen-bond donors (Lipinski definition) is 1. The summed E-state index contributed by atoms with van der Waals surface area (Å²) < 4.78 is 41.0. The topological polar surface area (TPSA) is 97.8 Å². The van der Waals surface area contributed by atoms with Gasteiger partial charge in [-0.1, -0.05) is 26.0 Å². The van der Waals surface area contributed by atoms with E-state index < -0.39 is 11.9 Å². The molecule has 31 heavy (non-hydrogen) atoms. The fourth-order valence-corrected chi connectivity index (χ4v) is 3.09. The van der Waals surface area contributed by atoms with Crippen LogP contribution in [0, 0.1) is 5.92 Å². The summed E-state index contributed by atoms with van der Waals surface area (Å²) in [6.45, 7) is 3.79. The van der Waals surface area contributed by atoms with Crippen LogP contribution >= 0.6 is 0 Å². The number of aromatic nitrogens is 4. The van der Waals surface area contributed by atoms with E-state index in [9.17, 15) is 22.8 Å². The van der Waals surface area contributed by atoms with Crippen LogP contribution in [0.1, 0.15) is 42.2 Å². The van der Waals surface area contributed by atoms with Crippen molar-refractivity contribution in [3.8, 4) is 17.4 Å². The summed E-state index contributed by atoms with van der Waals surface area (Å²) in [5.41, 5.74) is 0.124. The molecule has 10 heteroatoms. The summed E-state index contributed by atoms with van der Waals surface area (Å²) in [4.78, 5) is 39.6. The Morgan fingerprint density at radius 3 is 2.35 bits per heavy atom. The van der Waals surface area contributed by atoms with Crippen LogP contribution < -0.4 is 10.3 Å². The average Bonchev–Trinajstić information content (AvgIpc) is 2.71. The Morgan fingerprint density at radius 2 is 1.77 bits per heavy atom. The molecule has 0 amide bonds. The molecule has 1 N–H and O–H groups in total. The van der Waals surface area contributed by atoms with Gasteiger partial charge < -0.3 is 9.72 Å². The predicted molar refractivity (Wildman–Crippen MR) is 106 cm³/mol. The minimum absolute atomic E-state index is 0.00254. The third-order valence-corrected chi connectivity index (χ3v) is 4.56. The maximum atomic E-state index is 12.9. The SMILES string of the molecule is CC(C)[C@@H](CC(=O)c1cc(=O)[nH]c(-c2ncccn2)n1)c1ccc(OC(F)(F)F)cc1. The van der Waals surface area contributed by atoms with Gasteiger partial charge in [0.2, 0.25) is 0 Å². The lowest BCUT2D eigenvalue weighted by Crippen LogP contribution is -2.19. The van der Waals surface area contributed by atoms with Crippen LogP contribution in [-0.2, 0) is 0 Å². The molecule has 0 saturated heterocycles. The van der Waals surface area contributed by atoms with Gasteiger partial charge in [0.25, 0.3) is 5.56 Å². The largest absolute Gasteiger partial charge is 0.573 e. The van der Waals surface area contributed by atoms with Crippen molar-refractivity contribution in [1.29, 1.82) is 0 Å². The van der Waals surface area contributed by atoms with Crippen molar-refractivity contribution in [1.82, 2.24) is 19.9 Å². The number of halogens is 3. The molecule has 3 aromatic rings. The third-order valence-electron chi connectivity index (χ3n) is 4.56. The van der Waals surface area contributed by atoms with Gasteiger partial charge in [0.05, 0.1) is 0 Å². The summed E-state index contributed by atoms with van der Waals surface area (Å²) in [7, 11) is 0. The molecule has 0 aliphatic rings. The number of rotatable bonds is 7. The Morgan fingerprint density at radius 1 is 1.13 bits per heavy atom. The number of aromatic amines is 1. The van der Waals surface area contributed by atoms with Crippen LogP contribution in [0.25, 0.3) is 11.6 Å². The maximum Gasteiger partial charge on any atom is 0.573 e. The average molecular weight is 432 g/mol. The van der Waals surface area contributed by atoms with Gasteiger partial charge in [0, 0.05) is 24.9 Å². The Labute approximate surface area is 175 Å². The van der Waals surface area contributed by atoms with Gasteiger partial charge in [-0.25, -0.2) is 15.0 Å². The number of nitrogens with zero attached hydrogens (tertiary/aromatic N) is 3. The summed E-state index contributed by atoms with van der Waals surface area (Å²) in [5.74, 6) is -0.769. The molecule has 0 radical (unpaired) electrons. The molecule has 0 spiro atoms. The lowest BCUT2D eigenvalue weighted by molar-refractivity contribution is -0.274. The quantitative estimate of drug-likeness (QED) is 0.564. The van der Waals surface area contributed by atoms with E-state index in [2.05, 4.69) is 24.7 Å². The number of ether oxygens (including phenoxy) is 1. The Bertz CT molecular complexity index is 1100. The molecular weight excluding hydrogens is 413 g/mol. The van der Waals surface area contributed by atoms with Crippen LogP contribution in [0.2, 0.25) is 0 Å². The number of ketones is 1. The van der Waals surface area contributed by atoms with E-state index in [-0.39, 0.29) is 47.1 Å². The molecule has 7 nitrogen and oxygen atoms in total. The maximum absolute atomic E-state index is 12.9. The molecule has 0 aliphatic heterocycles. The molecule has 0 fully saturated rings. The molecule has 1 aromatic carbocycles. The van der Waals surface area contributed by atoms with Gasteiger partial charge in [-0.05, 0) is 35.6 Å². The molecule has 2 heterocycles. The molecule has 0 bridgehead atoms. The number of hydrogen-bond acceptors (Lipinski definition) is 6. The minimum Gasteiger partial charge on any atom is -0.406 e. The summed E-state index contributed by atoms with van der Waals surface area (Å²) in [5, 5.41) is 0. The monoisotopic (exact) mass is 432 g/mol. The van der Waals surface area contributed by atoms with Crippen LogP contribution in [0.4, 0.5) is 13.2 Å². The van der Waals surface area contributed by atoms with Crippen LogP contribution in [-0.4, -0.2) is 32.1 Å². The van der Waals surface area contributed by atoms with Crippen LogP contribution in [0.5, 0.6) is 5.75 Å². The highest BCUT2D eigenvalue weighted by molar-refractivity contribution is 5.95. The van der Waals surface area contributed by atoms with E-state index in [0.29, 0.717) is 5.56 Å². The highest BCUT2D eigenvalue weighted by atomic mass is 19.4. The molecule has 162 valence electrons. The van der Waals surface area contributed by atoms with Crippen molar-refractivity contribution in [3.05, 3.63) is 70.4 Å². The van der Waals surface area contributed by atoms with E-state index >= 15 is 0 Å². The smallest absolute Gasteiger partial charge is 0.406 e. The standard InChI is InChI=1S/C21H19F3N4O3/c1-12(2)15(13-4-6-14(7-5-13)31-21(22,23)24)10-17(29)16-11-18(30)28-20(27-16)19-25-8-3-9-26-19/h3-9,11-12,15H,10H2,1-2H3,(H,27,28,30)/t15-/m1/s1. The number of carbonyl (C=O) groups excluding carboxylic acids is 1. The Kier molecular flexibility index (Phi) is 6.47. The zero-order chi connectivity index (χ0) is 22.6. The summed E-state index contributed by atoms with van der Waals surface area (Å²) in [6, 6.07) is 8.11. The number of carbonyl (C=O) groups is 1. The van der Waals surface area contributed by atoms with Gasteiger partial charge in [0.15, 0.2) is 17.4 Å². The second-order valence-electron chi connectivity index (χ2n) is 7.15. The number of alkyl halides is 3. The van der Waals surface area contributed by atoms with Crippen molar-refractivity contribution >= 4 is 5.78 Å². The fraction of sp³-hybridized carbons (Fsp3) is 0.286. The summed E-state index contributed by atoms with van der Waals surface area (Å²) in [6.07, 6.45) is -1.79.